The molecule has 0 rings (SSSR count). The number of unbranched alkanes of at least 4 members (excludes halogenated alkanes) is 8. The van der Waals surface area contributed by atoms with Gasteiger partial charge in [0.1, 0.15) is 12.7 Å². The lowest BCUT2D eigenvalue weighted by molar-refractivity contribution is -0.148. The minimum absolute atomic E-state index is 0.123. The zero-order chi connectivity index (χ0) is 15.1. The lowest BCUT2D eigenvalue weighted by atomic mass is 10.1. The van der Waals surface area contributed by atoms with Crippen LogP contribution in [0.4, 0.5) is 0 Å². The monoisotopic (exact) mass is 288 g/mol. The van der Waals surface area contributed by atoms with Crippen molar-refractivity contribution in [3.8, 4) is 0 Å². The van der Waals surface area contributed by atoms with E-state index in [0.29, 0.717) is 6.42 Å². The van der Waals surface area contributed by atoms with E-state index in [2.05, 4.69) is 6.92 Å². The van der Waals surface area contributed by atoms with Gasteiger partial charge in [-0.2, -0.15) is 0 Å². The van der Waals surface area contributed by atoms with Gasteiger partial charge in [-0.3, -0.25) is 4.79 Å². The number of hydrogen-bond donors (Lipinski definition) is 1. The molecule has 120 valence electrons. The number of aliphatic hydroxyl groups is 1. The number of carbonyl (C=O) groups is 1. The third-order valence-corrected chi connectivity index (χ3v) is 3.45. The number of hydrogen-bond acceptors (Lipinski definition) is 4. The topological polar surface area (TPSA) is 55.8 Å². The first kappa shape index (κ1) is 19.4. The van der Waals surface area contributed by atoms with E-state index < -0.39 is 6.10 Å². The van der Waals surface area contributed by atoms with Gasteiger partial charge in [-0.1, -0.05) is 58.3 Å². The maximum atomic E-state index is 11.4. The Bertz CT molecular complexity index is 215. The highest BCUT2D eigenvalue weighted by Crippen LogP contribution is 2.10. The van der Waals surface area contributed by atoms with Gasteiger partial charge >= 0.3 is 5.97 Å². The van der Waals surface area contributed by atoms with Crippen LogP contribution in [0.3, 0.4) is 0 Å². The highest BCUT2D eigenvalue weighted by Gasteiger charge is 2.09. The van der Waals surface area contributed by atoms with Gasteiger partial charge in [0.05, 0.1) is 6.61 Å². The van der Waals surface area contributed by atoms with E-state index in [4.69, 9.17) is 14.6 Å². The van der Waals surface area contributed by atoms with E-state index in [1.54, 1.807) is 0 Å². The van der Waals surface area contributed by atoms with Crippen LogP contribution in [-0.2, 0) is 14.3 Å². The van der Waals surface area contributed by atoms with Crippen LogP contribution in [0.1, 0.15) is 71.1 Å². The third-order valence-electron chi connectivity index (χ3n) is 3.45. The second-order valence-electron chi connectivity index (χ2n) is 5.30. The summed E-state index contributed by atoms with van der Waals surface area (Å²) in [4.78, 5) is 11.4. The molecule has 0 aliphatic carbocycles. The van der Waals surface area contributed by atoms with Crippen molar-refractivity contribution in [1.29, 1.82) is 0 Å². The minimum Gasteiger partial charge on any atom is -0.463 e. The van der Waals surface area contributed by atoms with Crippen molar-refractivity contribution >= 4 is 5.97 Å². The molecule has 20 heavy (non-hydrogen) atoms. The summed E-state index contributed by atoms with van der Waals surface area (Å²) in [6.07, 6.45) is 11.2. The van der Waals surface area contributed by atoms with Gasteiger partial charge in [0, 0.05) is 13.5 Å². The Hall–Kier alpha value is -0.610. The second kappa shape index (κ2) is 14.8. The van der Waals surface area contributed by atoms with Crippen LogP contribution in [-0.4, -0.2) is 37.5 Å². The molecular weight excluding hydrogens is 256 g/mol. The number of methoxy groups -OCH3 is 1. The first-order chi connectivity index (χ1) is 9.74. The maximum absolute atomic E-state index is 11.4. The fraction of sp³-hybridized carbons (Fsp3) is 0.938. The van der Waals surface area contributed by atoms with Gasteiger partial charge in [-0.25, -0.2) is 0 Å². The molecule has 0 aromatic rings. The van der Waals surface area contributed by atoms with Crippen LogP contribution in [0.2, 0.25) is 0 Å². The Morgan fingerprint density at radius 2 is 1.55 bits per heavy atom. The van der Waals surface area contributed by atoms with Crippen LogP contribution in [0, 0.1) is 0 Å². The van der Waals surface area contributed by atoms with Crippen LogP contribution in [0.15, 0.2) is 0 Å². The molecule has 0 spiro atoms. The van der Waals surface area contributed by atoms with Crippen molar-refractivity contribution in [3.05, 3.63) is 0 Å². The smallest absolute Gasteiger partial charge is 0.305 e. The fourth-order valence-corrected chi connectivity index (χ4v) is 2.03. The molecule has 0 aromatic heterocycles. The van der Waals surface area contributed by atoms with Crippen molar-refractivity contribution in [3.63, 3.8) is 0 Å². The third kappa shape index (κ3) is 12.4. The summed E-state index contributed by atoms with van der Waals surface area (Å²) in [5.41, 5.74) is 0. The largest absolute Gasteiger partial charge is 0.463 e. The summed E-state index contributed by atoms with van der Waals surface area (Å²) >= 11 is 0. The molecule has 0 aliphatic rings. The number of rotatable bonds is 14. The summed E-state index contributed by atoms with van der Waals surface area (Å²) < 4.78 is 9.95. The number of aliphatic hydroxyl groups excluding tert-OH is 1. The quantitative estimate of drug-likeness (QED) is 0.393. The van der Waals surface area contributed by atoms with Gasteiger partial charge < -0.3 is 14.6 Å². The molecule has 0 heterocycles. The molecule has 0 radical (unpaired) electrons. The zero-order valence-electron chi connectivity index (χ0n) is 13.2. The molecule has 0 saturated heterocycles. The van der Waals surface area contributed by atoms with E-state index in [0.717, 1.165) is 12.8 Å². The van der Waals surface area contributed by atoms with Crippen molar-refractivity contribution in [2.24, 2.45) is 0 Å². The average Bonchev–Trinajstić information content (AvgIpc) is 2.46. The maximum Gasteiger partial charge on any atom is 0.305 e. The molecule has 0 saturated carbocycles. The molecule has 1 unspecified atom stereocenters. The molecule has 0 amide bonds. The molecule has 0 aromatic carbocycles. The first-order valence-corrected chi connectivity index (χ1v) is 8.03. The van der Waals surface area contributed by atoms with Crippen molar-refractivity contribution in [1.82, 2.24) is 0 Å². The van der Waals surface area contributed by atoms with Gasteiger partial charge in [0.25, 0.3) is 0 Å². The first-order valence-electron chi connectivity index (χ1n) is 8.03. The van der Waals surface area contributed by atoms with E-state index in [1.807, 2.05) is 0 Å². The van der Waals surface area contributed by atoms with E-state index >= 15 is 0 Å². The van der Waals surface area contributed by atoms with E-state index in [-0.39, 0.29) is 19.2 Å². The Morgan fingerprint density at radius 3 is 2.05 bits per heavy atom. The highest BCUT2D eigenvalue weighted by atomic mass is 16.6. The second-order valence-corrected chi connectivity index (χ2v) is 5.30. The van der Waals surface area contributed by atoms with E-state index in [9.17, 15) is 4.79 Å². The summed E-state index contributed by atoms with van der Waals surface area (Å²) in [7, 11) is 1.50. The average molecular weight is 288 g/mol. The molecule has 0 fully saturated rings. The molecule has 0 bridgehead atoms. The van der Waals surface area contributed by atoms with Gasteiger partial charge in [-0.15, -0.1) is 0 Å². The van der Waals surface area contributed by atoms with Crippen LogP contribution >= 0.6 is 0 Å². The molecule has 1 N–H and O–H groups in total. The Kier molecular flexibility index (Phi) is 14.3. The van der Waals surface area contributed by atoms with Gasteiger partial charge in [-0.05, 0) is 6.42 Å². The van der Waals surface area contributed by atoms with Crippen molar-refractivity contribution < 1.29 is 19.4 Å². The lowest BCUT2D eigenvalue weighted by Gasteiger charge is -2.12. The molecule has 4 nitrogen and oxygen atoms in total. The summed E-state index contributed by atoms with van der Waals surface area (Å²) in [6, 6.07) is 0. The minimum atomic E-state index is -0.401. The SMILES string of the molecule is CCCCCCCCCCCC(=O)OCC(CO)OC. The van der Waals surface area contributed by atoms with Crippen LogP contribution in [0.5, 0.6) is 0 Å². The Morgan fingerprint density at radius 1 is 1.00 bits per heavy atom. The number of ether oxygens (including phenoxy) is 2. The molecular formula is C16H32O4. The number of esters is 1. The molecule has 4 heteroatoms. The zero-order valence-corrected chi connectivity index (χ0v) is 13.2. The Labute approximate surface area is 123 Å². The van der Waals surface area contributed by atoms with Gasteiger partial charge in [0.2, 0.25) is 0 Å². The standard InChI is InChI=1S/C16H32O4/c1-3-4-5-6-7-8-9-10-11-12-16(18)20-14-15(13-17)19-2/h15,17H,3-14H2,1-2H3. The predicted molar refractivity (Wildman–Crippen MR) is 80.7 cm³/mol. The van der Waals surface area contributed by atoms with Crippen LogP contribution in [0.25, 0.3) is 0 Å². The number of carbonyl (C=O) groups excluding carboxylic acids is 1. The van der Waals surface area contributed by atoms with E-state index in [1.165, 1.54) is 52.1 Å². The molecule has 0 aliphatic heterocycles. The van der Waals surface area contributed by atoms with Crippen LogP contribution < -0.4 is 0 Å². The summed E-state index contributed by atoms with van der Waals surface area (Å²) in [5.74, 6) is -0.191. The van der Waals surface area contributed by atoms with Crippen molar-refractivity contribution in [2.45, 2.75) is 77.2 Å². The van der Waals surface area contributed by atoms with Gasteiger partial charge in [0.15, 0.2) is 0 Å². The Balaban J connectivity index is 3.27. The normalized spacial score (nSPS) is 12.3. The predicted octanol–water partition coefficient (Wildman–Crippen LogP) is 3.46. The lowest BCUT2D eigenvalue weighted by Crippen LogP contribution is -2.24. The summed E-state index contributed by atoms with van der Waals surface area (Å²) in [5, 5.41) is 8.87. The van der Waals surface area contributed by atoms with Crippen molar-refractivity contribution in [2.75, 3.05) is 20.3 Å². The fourth-order valence-electron chi connectivity index (χ4n) is 2.03. The highest BCUT2D eigenvalue weighted by molar-refractivity contribution is 5.69. The molecule has 1 atom stereocenters. The summed E-state index contributed by atoms with van der Waals surface area (Å²) in [6.45, 7) is 2.25.